The molecule has 2 unspecified atom stereocenters. The number of hydrogen-bond acceptors (Lipinski definition) is 2. The van der Waals surface area contributed by atoms with Crippen LogP contribution in [-0.2, 0) is 0 Å². The smallest absolute Gasteiger partial charge is 0.0590 e. The average Bonchev–Trinajstić information content (AvgIpc) is 2.39. The molecule has 0 aromatic heterocycles. The molecule has 1 rings (SSSR count). The predicted molar refractivity (Wildman–Crippen MR) is 40.3 cm³/mol. The van der Waals surface area contributed by atoms with Gasteiger partial charge < -0.3 is 10.2 Å². The van der Waals surface area contributed by atoms with Crippen LogP contribution in [0.5, 0.6) is 0 Å². The second-order valence-electron chi connectivity index (χ2n) is 2.44. The summed E-state index contributed by atoms with van der Waals surface area (Å²) in [6.07, 6.45) is 10.7. The van der Waals surface area contributed by atoms with Crippen LogP contribution in [0.15, 0.2) is 0 Å². The van der Waals surface area contributed by atoms with E-state index in [-0.39, 0.29) is 18.6 Å². The highest BCUT2D eigenvalue weighted by atomic mass is 16.3. The Morgan fingerprint density at radius 2 is 1.90 bits per heavy atom. The third-order valence-electron chi connectivity index (χ3n) is 1.85. The maximum atomic E-state index is 9.03. The van der Waals surface area contributed by atoms with Gasteiger partial charge in [0.1, 0.15) is 0 Å². The normalized spacial score (nSPS) is 30.8. The molecule has 1 saturated carbocycles. The lowest BCUT2D eigenvalue weighted by atomic mass is 10.1. The van der Waals surface area contributed by atoms with E-state index in [4.69, 9.17) is 10.2 Å². The van der Waals surface area contributed by atoms with Crippen LogP contribution in [0, 0.1) is 18.8 Å². The van der Waals surface area contributed by atoms with Crippen molar-refractivity contribution in [3.8, 4) is 12.8 Å². The molecule has 1 fully saturated rings. The predicted octanol–water partition coefficient (Wildman–Crippen LogP) is 0.389. The van der Waals surface area contributed by atoms with Gasteiger partial charge in [-0.3, -0.25) is 0 Å². The molecule has 0 aliphatic heterocycles. The molecule has 0 bridgehead atoms. The molecular weight excluding hydrogens is 128 g/mol. The maximum absolute atomic E-state index is 9.03. The molecule has 0 aromatic rings. The summed E-state index contributed by atoms with van der Waals surface area (Å²) >= 11 is 0. The van der Waals surface area contributed by atoms with Crippen LogP contribution < -0.4 is 0 Å². The van der Waals surface area contributed by atoms with E-state index >= 15 is 0 Å². The summed E-state index contributed by atoms with van der Waals surface area (Å²) in [7, 11) is 0. The zero-order valence-corrected chi connectivity index (χ0v) is 6.03. The molecule has 58 valence electrons. The van der Waals surface area contributed by atoms with E-state index in [1.54, 1.807) is 0 Å². The molecule has 1 aliphatic carbocycles. The summed E-state index contributed by atoms with van der Waals surface area (Å²) < 4.78 is 0. The van der Waals surface area contributed by atoms with E-state index in [9.17, 15) is 0 Å². The van der Waals surface area contributed by atoms with Crippen molar-refractivity contribution in [1.82, 2.24) is 0 Å². The third kappa shape index (κ3) is 2.38. The number of hydrogen-bond donors (Lipinski definition) is 2. The summed E-state index contributed by atoms with van der Waals surface area (Å²) in [5, 5.41) is 17.6. The zero-order chi connectivity index (χ0) is 7.98. The quantitative estimate of drug-likeness (QED) is 0.520. The Hall–Kier alpha value is -0.520. The van der Waals surface area contributed by atoms with Crippen molar-refractivity contribution in [1.29, 1.82) is 0 Å². The highest BCUT2D eigenvalue weighted by Gasteiger charge is 2.23. The van der Waals surface area contributed by atoms with Crippen molar-refractivity contribution in [3.05, 3.63) is 0 Å². The summed E-state index contributed by atoms with van der Waals surface area (Å²) in [6.45, 7) is 0.154. The van der Waals surface area contributed by atoms with E-state index in [2.05, 4.69) is 12.8 Å². The van der Waals surface area contributed by atoms with Crippen molar-refractivity contribution in [3.63, 3.8) is 0 Å². The zero-order valence-electron chi connectivity index (χ0n) is 6.03. The summed E-state index contributed by atoms with van der Waals surface area (Å²) in [5.74, 6) is 0.176. The fraction of sp³-hybridized carbons (Fsp3) is 0.750. The average molecular weight is 142 g/mol. The van der Waals surface area contributed by atoms with Crippen molar-refractivity contribution in [2.45, 2.75) is 25.4 Å². The first kappa shape index (κ1) is 9.48. The van der Waals surface area contributed by atoms with Crippen molar-refractivity contribution >= 4 is 0 Å². The Labute approximate surface area is 61.9 Å². The first-order chi connectivity index (χ1) is 4.84. The molecule has 1 aliphatic rings. The SMILES string of the molecule is C#C.OCC1CCCC1O. The molecule has 2 atom stereocenters. The Morgan fingerprint density at radius 1 is 1.30 bits per heavy atom. The first-order valence-electron chi connectivity index (χ1n) is 3.47. The van der Waals surface area contributed by atoms with Crippen LogP contribution in [0.3, 0.4) is 0 Å². The van der Waals surface area contributed by atoms with Gasteiger partial charge in [-0.05, 0) is 12.8 Å². The second kappa shape index (κ2) is 5.28. The van der Waals surface area contributed by atoms with Gasteiger partial charge in [0.15, 0.2) is 0 Å². The number of terminal acetylenes is 1. The number of aliphatic hydroxyl groups excluding tert-OH is 2. The first-order valence-corrected chi connectivity index (χ1v) is 3.47. The molecular formula is C8H14O2. The fourth-order valence-corrected chi connectivity index (χ4v) is 1.23. The van der Waals surface area contributed by atoms with Crippen LogP contribution in [-0.4, -0.2) is 22.9 Å². The number of aliphatic hydroxyl groups is 2. The molecule has 0 amide bonds. The Balaban J connectivity index is 0.000000371. The lowest BCUT2D eigenvalue weighted by Gasteiger charge is -2.08. The van der Waals surface area contributed by atoms with Gasteiger partial charge in [0.05, 0.1) is 6.10 Å². The minimum absolute atomic E-state index is 0.154. The molecule has 0 heterocycles. The minimum atomic E-state index is -0.222. The summed E-state index contributed by atoms with van der Waals surface area (Å²) in [5.41, 5.74) is 0. The minimum Gasteiger partial charge on any atom is -0.396 e. The van der Waals surface area contributed by atoms with E-state index in [1.807, 2.05) is 0 Å². The van der Waals surface area contributed by atoms with Gasteiger partial charge in [-0.1, -0.05) is 6.42 Å². The van der Waals surface area contributed by atoms with Crippen molar-refractivity contribution < 1.29 is 10.2 Å². The van der Waals surface area contributed by atoms with Crippen LogP contribution in [0.25, 0.3) is 0 Å². The Morgan fingerprint density at radius 3 is 2.10 bits per heavy atom. The third-order valence-corrected chi connectivity index (χ3v) is 1.85. The van der Waals surface area contributed by atoms with Crippen molar-refractivity contribution in [2.24, 2.45) is 5.92 Å². The van der Waals surface area contributed by atoms with Crippen LogP contribution in [0.2, 0.25) is 0 Å². The Kier molecular flexibility index (Phi) is 5.00. The molecule has 2 heteroatoms. The van der Waals surface area contributed by atoms with Gasteiger partial charge in [0.2, 0.25) is 0 Å². The Bertz CT molecular complexity index is 98.7. The summed E-state index contributed by atoms with van der Waals surface area (Å²) in [6, 6.07) is 0. The molecule has 0 radical (unpaired) electrons. The van der Waals surface area contributed by atoms with Gasteiger partial charge in [-0.25, -0.2) is 0 Å². The van der Waals surface area contributed by atoms with E-state index in [0.717, 1.165) is 19.3 Å². The summed E-state index contributed by atoms with van der Waals surface area (Å²) in [4.78, 5) is 0. The lowest BCUT2D eigenvalue weighted by Crippen LogP contribution is -2.16. The maximum Gasteiger partial charge on any atom is 0.0590 e. The number of rotatable bonds is 1. The van der Waals surface area contributed by atoms with Crippen LogP contribution in [0.1, 0.15) is 19.3 Å². The molecule has 0 spiro atoms. The molecule has 0 saturated heterocycles. The van der Waals surface area contributed by atoms with Crippen LogP contribution >= 0.6 is 0 Å². The van der Waals surface area contributed by atoms with Crippen LogP contribution in [0.4, 0.5) is 0 Å². The van der Waals surface area contributed by atoms with Gasteiger partial charge in [0.25, 0.3) is 0 Å². The molecule has 2 N–H and O–H groups in total. The molecule has 0 aromatic carbocycles. The van der Waals surface area contributed by atoms with Gasteiger partial charge in [-0.15, -0.1) is 12.8 Å². The van der Waals surface area contributed by atoms with Gasteiger partial charge in [0, 0.05) is 12.5 Å². The van der Waals surface area contributed by atoms with Crippen molar-refractivity contribution in [2.75, 3.05) is 6.61 Å². The standard InChI is InChI=1S/C6H12O2.C2H2/c7-4-5-2-1-3-6(5)8;1-2/h5-8H,1-4H2;1-2H. The van der Waals surface area contributed by atoms with E-state index in [1.165, 1.54) is 0 Å². The second-order valence-corrected chi connectivity index (χ2v) is 2.44. The molecule has 2 nitrogen and oxygen atoms in total. The lowest BCUT2D eigenvalue weighted by molar-refractivity contribution is 0.0909. The highest BCUT2D eigenvalue weighted by Crippen LogP contribution is 2.24. The fourth-order valence-electron chi connectivity index (χ4n) is 1.23. The van der Waals surface area contributed by atoms with E-state index < -0.39 is 0 Å². The largest absolute Gasteiger partial charge is 0.396 e. The topological polar surface area (TPSA) is 40.5 Å². The molecule has 10 heavy (non-hydrogen) atoms. The van der Waals surface area contributed by atoms with Gasteiger partial charge >= 0.3 is 0 Å². The monoisotopic (exact) mass is 142 g/mol. The van der Waals surface area contributed by atoms with E-state index in [0.29, 0.717) is 0 Å². The highest BCUT2D eigenvalue weighted by molar-refractivity contribution is 4.75. The van der Waals surface area contributed by atoms with Gasteiger partial charge in [-0.2, -0.15) is 0 Å².